The number of rotatable bonds is 9. The first-order valence-corrected chi connectivity index (χ1v) is 10.9. The molecule has 1 aliphatic heterocycles. The Balaban J connectivity index is 1.99. The number of ketones is 1. The number of imide groups is 1. The van der Waals surface area contributed by atoms with E-state index in [1.54, 1.807) is 7.11 Å². The van der Waals surface area contributed by atoms with Gasteiger partial charge in [0, 0.05) is 45.6 Å². The first kappa shape index (κ1) is 23.8. The van der Waals surface area contributed by atoms with Gasteiger partial charge in [0.1, 0.15) is 5.78 Å². The molecule has 0 aromatic rings. The maximum Gasteiger partial charge on any atom is 0.324 e. The Labute approximate surface area is 174 Å². The van der Waals surface area contributed by atoms with E-state index >= 15 is 0 Å². The fourth-order valence-electron chi connectivity index (χ4n) is 4.67. The van der Waals surface area contributed by atoms with Crippen LogP contribution >= 0.6 is 0 Å². The molecular formula is C21H38N4O4. The van der Waals surface area contributed by atoms with E-state index in [9.17, 15) is 14.4 Å². The number of amides is 3. The van der Waals surface area contributed by atoms with Gasteiger partial charge >= 0.3 is 6.03 Å². The number of piperidine rings is 1. The molecule has 2 aliphatic rings. The molecule has 0 spiro atoms. The second kappa shape index (κ2) is 11.6. The summed E-state index contributed by atoms with van der Waals surface area (Å²) >= 11 is 0. The number of nitrogens with one attached hydrogen (secondary N) is 1. The molecule has 0 aromatic carbocycles. The molecule has 166 valence electrons. The molecule has 1 N–H and O–H groups in total. The van der Waals surface area contributed by atoms with Crippen LogP contribution in [-0.4, -0.2) is 98.5 Å². The van der Waals surface area contributed by atoms with Gasteiger partial charge in [0.05, 0.1) is 19.1 Å². The Morgan fingerprint density at radius 2 is 1.97 bits per heavy atom. The fourth-order valence-corrected chi connectivity index (χ4v) is 4.67. The summed E-state index contributed by atoms with van der Waals surface area (Å²) in [5.41, 5.74) is 0. The Hall–Kier alpha value is -1.51. The Morgan fingerprint density at radius 1 is 1.24 bits per heavy atom. The van der Waals surface area contributed by atoms with Crippen molar-refractivity contribution >= 4 is 17.7 Å². The van der Waals surface area contributed by atoms with E-state index in [2.05, 4.69) is 29.0 Å². The van der Waals surface area contributed by atoms with Gasteiger partial charge in [-0.1, -0.05) is 13.8 Å². The Morgan fingerprint density at radius 3 is 2.62 bits per heavy atom. The molecule has 8 nitrogen and oxygen atoms in total. The van der Waals surface area contributed by atoms with Crippen LogP contribution in [0.15, 0.2) is 0 Å². The molecule has 2 rings (SSSR count). The van der Waals surface area contributed by atoms with Crippen molar-refractivity contribution in [3.05, 3.63) is 0 Å². The highest BCUT2D eigenvalue weighted by Crippen LogP contribution is 2.36. The SMILES string of the molecule is CCN(CC)CCNC(=O)N(CCOC)C(=O)[C@@H]1C[C@@H]2CC(=O)CC[C@H]2N(C)C1. The van der Waals surface area contributed by atoms with Crippen LogP contribution in [-0.2, 0) is 14.3 Å². The van der Waals surface area contributed by atoms with Gasteiger partial charge in [0.25, 0.3) is 0 Å². The maximum atomic E-state index is 13.2. The number of likely N-dealkylation sites (tertiary alicyclic amines) is 1. The molecule has 0 bridgehead atoms. The lowest BCUT2D eigenvalue weighted by Gasteiger charge is -2.45. The van der Waals surface area contributed by atoms with Crippen LogP contribution in [0.4, 0.5) is 4.79 Å². The van der Waals surface area contributed by atoms with Crippen LogP contribution in [0, 0.1) is 11.8 Å². The van der Waals surface area contributed by atoms with Crippen molar-refractivity contribution in [3.63, 3.8) is 0 Å². The zero-order chi connectivity index (χ0) is 21.4. The predicted molar refractivity (Wildman–Crippen MR) is 112 cm³/mol. The van der Waals surface area contributed by atoms with E-state index in [1.165, 1.54) is 4.90 Å². The lowest BCUT2D eigenvalue weighted by molar-refractivity contribution is -0.138. The minimum atomic E-state index is -0.358. The molecule has 0 unspecified atom stereocenters. The summed E-state index contributed by atoms with van der Waals surface area (Å²) in [6, 6.07) is 0.00998. The number of Topliss-reactive ketones (excluding diaryl/α,β-unsaturated/α-hetero) is 1. The molecule has 2 fully saturated rings. The van der Waals surface area contributed by atoms with Crippen molar-refractivity contribution in [2.75, 3.05) is 60.0 Å². The molecule has 1 heterocycles. The summed E-state index contributed by atoms with van der Waals surface area (Å²) in [5, 5.41) is 2.89. The number of fused-ring (bicyclic) bond motifs is 1. The quantitative estimate of drug-likeness (QED) is 0.615. The highest BCUT2D eigenvalue weighted by Gasteiger charge is 2.42. The smallest absolute Gasteiger partial charge is 0.324 e. The zero-order valence-electron chi connectivity index (χ0n) is 18.5. The highest BCUT2D eigenvalue weighted by atomic mass is 16.5. The number of carbonyl (C=O) groups is 3. The van der Waals surface area contributed by atoms with Crippen molar-refractivity contribution in [2.24, 2.45) is 11.8 Å². The third-order valence-corrected chi connectivity index (χ3v) is 6.39. The molecule has 29 heavy (non-hydrogen) atoms. The van der Waals surface area contributed by atoms with E-state index in [-0.39, 0.29) is 36.1 Å². The average molecular weight is 411 g/mol. The summed E-state index contributed by atoms with van der Waals surface area (Å²) in [5.74, 6) is 0.0698. The molecule has 3 atom stereocenters. The van der Waals surface area contributed by atoms with Gasteiger partial charge in [-0.05, 0) is 38.9 Å². The molecule has 1 saturated carbocycles. The average Bonchev–Trinajstić information content (AvgIpc) is 2.70. The fraction of sp³-hybridized carbons (Fsp3) is 0.857. The van der Waals surface area contributed by atoms with Crippen molar-refractivity contribution in [1.29, 1.82) is 0 Å². The first-order chi connectivity index (χ1) is 13.9. The van der Waals surface area contributed by atoms with Crippen LogP contribution in [0.25, 0.3) is 0 Å². The van der Waals surface area contributed by atoms with E-state index in [4.69, 9.17) is 4.74 Å². The molecule has 8 heteroatoms. The number of urea groups is 1. The lowest BCUT2D eigenvalue weighted by Crippen LogP contribution is -2.55. The normalized spacial score (nSPS) is 25.0. The summed E-state index contributed by atoms with van der Waals surface area (Å²) in [6.07, 6.45) is 2.74. The minimum absolute atomic E-state index is 0.161. The molecule has 1 aliphatic carbocycles. The number of ether oxygens (including phenoxy) is 1. The Bertz CT molecular complexity index is 567. The predicted octanol–water partition coefficient (Wildman–Crippen LogP) is 1.20. The van der Waals surface area contributed by atoms with E-state index < -0.39 is 0 Å². The summed E-state index contributed by atoms with van der Waals surface area (Å²) < 4.78 is 5.12. The van der Waals surface area contributed by atoms with Gasteiger partial charge < -0.3 is 19.9 Å². The van der Waals surface area contributed by atoms with Crippen molar-refractivity contribution in [2.45, 2.75) is 45.6 Å². The summed E-state index contributed by atoms with van der Waals surface area (Å²) in [6.45, 7) is 8.45. The third-order valence-electron chi connectivity index (χ3n) is 6.39. The van der Waals surface area contributed by atoms with Gasteiger partial charge in [-0.2, -0.15) is 0 Å². The van der Waals surface area contributed by atoms with Crippen LogP contribution in [0.1, 0.15) is 39.5 Å². The number of hydrogen-bond acceptors (Lipinski definition) is 6. The summed E-state index contributed by atoms with van der Waals surface area (Å²) in [7, 11) is 3.59. The molecular weight excluding hydrogens is 372 g/mol. The van der Waals surface area contributed by atoms with Gasteiger partial charge in [0.2, 0.25) is 5.91 Å². The van der Waals surface area contributed by atoms with Crippen molar-refractivity contribution in [3.8, 4) is 0 Å². The Kier molecular flexibility index (Phi) is 9.52. The number of hydrogen-bond donors (Lipinski definition) is 1. The summed E-state index contributed by atoms with van der Waals surface area (Å²) in [4.78, 5) is 43.6. The van der Waals surface area contributed by atoms with Gasteiger partial charge in [0.15, 0.2) is 0 Å². The number of likely N-dealkylation sites (N-methyl/N-ethyl adjacent to an activating group) is 1. The zero-order valence-corrected chi connectivity index (χ0v) is 18.5. The van der Waals surface area contributed by atoms with E-state index in [1.807, 2.05) is 7.05 Å². The van der Waals surface area contributed by atoms with Crippen molar-refractivity contribution in [1.82, 2.24) is 20.0 Å². The van der Waals surface area contributed by atoms with Gasteiger partial charge in [-0.3, -0.25) is 14.5 Å². The second-order valence-corrected chi connectivity index (χ2v) is 8.22. The standard InChI is InChI=1S/C21H38N4O4/c1-5-24(6-2)10-9-22-21(28)25(11-12-29-4)20(27)17-13-16-14-18(26)7-8-19(16)23(3)15-17/h16-17,19H,5-15H2,1-4H3,(H,22,28)/t16-,17-,19-/m1/s1. The first-order valence-electron chi connectivity index (χ1n) is 10.9. The van der Waals surface area contributed by atoms with Crippen LogP contribution in [0.5, 0.6) is 0 Å². The number of carbonyl (C=O) groups excluding carboxylic acids is 3. The topological polar surface area (TPSA) is 82.2 Å². The highest BCUT2D eigenvalue weighted by molar-refractivity contribution is 5.95. The van der Waals surface area contributed by atoms with Crippen LogP contribution < -0.4 is 5.32 Å². The van der Waals surface area contributed by atoms with Crippen LogP contribution in [0.3, 0.4) is 0 Å². The largest absolute Gasteiger partial charge is 0.383 e. The minimum Gasteiger partial charge on any atom is -0.383 e. The molecule has 1 saturated heterocycles. The van der Waals surface area contributed by atoms with Crippen molar-refractivity contribution < 1.29 is 19.1 Å². The van der Waals surface area contributed by atoms with E-state index in [0.29, 0.717) is 45.0 Å². The maximum absolute atomic E-state index is 13.2. The number of methoxy groups -OCH3 is 1. The van der Waals surface area contributed by atoms with Gasteiger partial charge in [-0.25, -0.2) is 4.79 Å². The molecule has 0 radical (unpaired) electrons. The number of nitrogens with zero attached hydrogens (tertiary/aromatic N) is 3. The molecule has 3 amide bonds. The third kappa shape index (κ3) is 6.49. The van der Waals surface area contributed by atoms with Crippen LogP contribution in [0.2, 0.25) is 0 Å². The second-order valence-electron chi connectivity index (χ2n) is 8.22. The van der Waals surface area contributed by atoms with Gasteiger partial charge in [-0.15, -0.1) is 0 Å². The monoisotopic (exact) mass is 410 g/mol. The molecule has 0 aromatic heterocycles. The van der Waals surface area contributed by atoms with E-state index in [0.717, 1.165) is 26.1 Å². The lowest BCUT2D eigenvalue weighted by atomic mass is 9.74.